The van der Waals surface area contributed by atoms with E-state index in [1.54, 1.807) is 0 Å². The van der Waals surface area contributed by atoms with Crippen LogP contribution in [0.25, 0.3) is 0 Å². The van der Waals surface area contributed by atoms with Crippen LogP contribution in [0.2, 0.25) is 0 Å². The number of fused-ring (bicyclic) bond motifs is 1. The molecule has 1 aliphatic heterocycles. The van der Waals surface area contributed by atoms with Gasteiger partial charge in [-0.25, -0.2) is 13.2 Å². The monoisotopic (exact) mass is 367 g/mol. The predicted molar refractivity (Wildman–Crippen MR) is 97.0 cm³/mol. The third-order valence-electron chi connectivity index (χ3n) is 4.41. The lowest BCUT2D eigenvalue weighted by Crippen LogP contribution is -2.52. The van der Waals surface area contributed by atoms with E-state index in [0.29, 0.717) is 5.69 Å². The van der Waals surface area contributed by atoms with Gasteiger partial charge in [0, 0.05) is 18.5 Å². The van der Waals surface area contributed by atoms with Gasteiger partial charge in [-0.2, -0.15) is 0 Å². The van der Waals surface area contributed by atoms with Crippen molar-refractivity contribution in [3.8, 4) is 0 Å². The molecule has 0 saturated heterocycles. The van der Waals surface area contributed by atoms with Crippen molar-refractivity contribution in [2.75, 3.05) is 23.9 Å². The largest absolute Gasteiger partial charge is 0.337 e. The molecular weight excluding hydrogens is 342 g/mol. The van der Waals surface area contributed by atoms with Gasteiger partial charge in [-0.1, -0.05) is 38.5 Å². The maximum Gasteiger partial charge on any atom is 0.318 e. The molecule has 25 heavy (non-hydrogen) atoms. The van der Waals surface area contributed by atoms with E-state index in [0.717, 1.165) is 18.2 Å². The van der Waals surface area contributed by atoms with Gasteiger partial charge < -0.3 is 15.5 Å². The third-order valence-corrected chi connectivity index (χ3v) is 5.36. The quantitative estimate of drug-likeness (QED) is 0.826. The molecule has 2 N–H and O–H groups in total. The number of anilines is 1. The predicted octanol–water partition coefficient (Wildman–Crippen LogP) is 1.61. The molecule has 0 bridgehead atoms. The molecule has 2 atom stereocenters. The highest BCUT2D eigenvalue weighted by atomic mass is 32.2. The Morgan fingerprint density at radius 1 is 1.40 bits per heavy atom. The standard InChI is InChI=1S/C17H25N3O4S/c1-4-12(2)15-16(21)19-14-8-6-5-7-13(14)11-20(15)17(22)18-9-10-25(3,23)24/h5-8,12,15H,4,9-11H2,1-3H3,(H,18,22)(H,19,21). The van der Waals surface area contributed by atoms with Crippen molar-refractivity contribution < 1.29 is 18.0 Å². The highest BCUT2D eigenvalue weighted by molar-refractivity contribution is 7.90. The van der Waals surface area contributed by atoms with Gasteiger partial charge >= 0.3 is 6.03 Å². The summed E-state index contributed by atoms with van der Waals surface area (Å²) in [7, 11) is -3.16. The van der Waals surface area contributed by atoms with Gasteiger partial charge in [0.05, 0.1) is 12.3 Å². The maximum absolute atomic E-state index is 12.7. The first-order chi connectivity index (χ1) is 11.7. The number of urea groups is 1. The Kier molecular flexibility index (Phi) is 6.05. The van der Waals surface area contributed by atoms with E-state index in [-0.39, 0.29) is 30.7 Å². The minimum atomic E-state index is -3.16. The van der Waals surface area contributed by atoms with Gasteiger partial charge in [0.15, 0.2) is 0 Å². The molecule has 0 radical (unpaired) electrons. The number of benzene rings is 1. The van der Waals surface area contributed by atoms with Crippen LogP contribution in [-0.4, -0.2) is 49.9 Å². The lowest BCUT2D eigenvalue weighted by molar-refractivity contribution is -0.121. The van der Waals surface area contributed by atoms with Crippen LogP contribution >= 0.6 is 0 Å². The summed E-state index contributed by atoms with van der Waals surface area (Å²) in [5.41, 5.74) is 1.55. The Hall–Kier alpha value is -2.09. The Morgan fingerprint density at radius 3 is 2.72 bits per heavy atom. The first kappa shape index (κ1) is 19.2. The van der Waals surface area contributed by atoms with Crippen molar-refractivity contribution in [3.05, 3.63) is 29.8 Å². The fraction of sp³-hybridized carbons (Fsp3) is 0.529. The van der Waals surface area contributed by atoms with E-state index < -0.39 is 21.9 Å². The summed E-state index contributed by atoms with van der Waals surface area (Å²) in [5, 5.41) is 5.52. The van der Waals surface area contributed by atoms with Crippen LogP contribution < -0.4 is 10.6 Å². The molecule has 1 heterocycles. The molecular formula is C17H25N3O4S. The van der Waals surface area contributed by atoms with Gasteiger partial charge in [0.25, 0.3) is 0 Å². The molecule has 138 valence electrons. The summed E-state index contributed by atoms with van der Waals surface area (Å²) in [6, 6.07) is 6.32. The van der Waals surface area contributed by atoms with E-state index in [1.165, 1.54) is 4.90 Å². The fourth-order valence-corrected chi connectivity index (χ4v) is 3.31. The normalized spacial score (nSPS) is 18.8. The number of carbonyl (C=O) groups is 2. The van der Waals surface area contributed by atoms with Gasteiger partial charge in [-0.15, -0.1) is 0 Å². The summed E-state index contributed by atoms with van der Waals surface area (Å²) in [6.07, 6.45) is 1.86. The van der Waals surface area contributed by atoms with Crippen LogP contribution in [0.4, 0.5) is 10.5 Å². The second-order valence-corrected chi connectivity index (χ2v) is 8.73. The Bertz CT molecular complexity index is 748. The van der Waals surface area contributed by atoms with Crippen molar-refractivity contribution in [1.29, 1.82) is 0 Å². The Balaban J connectivity index is 2.25. The lowest BCUT2D eigenvalue weighted by Gasteiger charge is -2.32. The molecule has 8 heteroatoms. The van der Waals surface area contributed by atoms with Crippen LogP contribution in [0, 0.1) is 5.92 Å². The van der Waals surface area contributed by atoms with Crippen molar-refractivity contribution >= 4 is 27.5 Å². The van der Waals surface area contributed by atoms with Crippen molar-refractivity contribution in [2.45, 2.75) is 32.9 Å². The van der Waals surface area contributed by atoms with E-state index in [2.05, 4.69) is 10.6 Å². The SMILES string of the molecule is CCC(C)C1C(=O)Nc2ccccc2CN1C(=O)NCCS(C)(=O)=O. The van der Waals surface area contributed by atoms with Crippen LogP contribution in [0.3, 0.4) is 0 Å². The number of sulfone groups is 1. The van der Waals surface area contributed by atoms with Gasteiger partial charge in [-0.3, -0.25) is 4.79 Å². The topological polar surface area (TPSA) is 95.6 Å². The zero-order valence-corrected chi connectivity index (χ0v) is 15.6. The van der Waals surface area contributed by atoms with Crippen LogP contribution in [0.15, 0.2) is 24.3 Å². The lowest BCUT2D eigenvalue weighted by atomic mass is 9.97. The molecule has 0 spiro atoms. The molecule has 1 aromatic carbocycles. The van der Waals surface area contributed by atoms with Gasteiger partial charge in [-0.05, 0) is 17.5 Å². The summed E-state index contributed by atoms with van der Waals surface area (Å²) in [4.78, 5) is 26.9. The number of amides is 3. The Labute approximate surface area is 148 Å². The fourth-order valence-electron chi connectivity index (χ4n) is 2.84. The van der Waals surface area contributed by atoms with E-state index in [1.807, 2.05) is 38.1 Å². The number of hydrogen-bond donors (Lipinski definition) is 2. The van der Waals surface area contributed by atoms with Gasteiger partial charge in [0.1, 0.15) is 15.9 Å². The van der Waals surface area contributed by atoms with Crippen molar-refractivity contribution in [1.82, 2.24) is 10.2 Å². The maximum atomic E-state index is 12.7. The number of para-hydroxylation sites is 1. The number of rotatable bonds is 5. The molecule has 0 fully saturated rings. The van der Waals surface area contributed by atoms with Crippen LogP contribution in [0.1, 0.15) is 25.8 Å². The molecule has 1 aromatic rings. The molecule has 0 saturated carbocycles. The minimum Gasteiger partial charge on any atom is -0.337 e. The number of carbonyl (C=O) groups excluding carboxylic acids is 2. The van der Waals surface area contributed by atoms with Crippen molar-refractivity contribution in [3.63, 3.8) is 0 Å². The van der Waals surface area contributed by atoms with Gasteiger partial charge in [0.2, 0.25) is 5.91 Å². The molecule has 1 aliphatic rings. The smallest absolute Gasteiger partial charge is 0.318 e. The van der Waals surface area contributed by atoms with Crippen LogP contribution in [0.5, 0.6) is 0 Å². The zero-order valence-electron chi connectivity index (χ0n) is 14.8. The number of nitrogens with zero attached hydrogens (tertiary/aromatic N) is 1. The average Bonchev–Trinajstić information content (AvgIpc) is 2.68. The summed E-state index contributed by atoms with van der Waals surface area (Å²) >= 11 is 0. The summed E-state index contributed by atoms with van der Waals surface area (Å²) in [6.45, 7) is 4.20. The van der Waals surface area contributed by atoms with E-state index >= 15 is 0 Å². The third kappa shape index (κ3) is 4.94. The van der Waals surface area contributed by atoms with E-state index in [4.69, 9.17) is 0 Å². The highest BCUT2D eigenvalue weighted by Gasteiger charge is 2.36. The molecule has 2 rings (SSSR count). The van der Waals surface area contributed by atoms with Crippen molar-refractivity contribution in [2.24, 2.45) is 5.92 Å². The summed E-state index contributed by atoms with van der Waals surface area (Å²) in [5.74, 6) is -0.392. The molecule has 0 aliphatic carbocycles. The van der Waals surface area contributed by atoms with Crippen LogP contribution in [-0.2, 0) is 21.2 Å². The molecule has 7 nitrogen and oxygen atoms in total. The summed E-state index contributed by atoms with van der Waals surface area (Å²) < 4.78 is 22.5. The zero-order chi connectivity index (χ0) is 18.6. The molecule has 3 amide bonds. The molecule has 2 unspecified atom stereocenters. The second kappa shape index (κ2) is 7.86. The Morgan fingerprint density at radius 2 is 2.08 bits per heavy atom. The first-order valence-corrected chi connectivity index (χ1v) is 10.4. The average molecular weight is 367 g/mol. The number of nitrogens with one attached hydrogen (secondary N) is 2. The minimum absolute atomic E-state index is 0.0185. The van der Waals surface area contributed by atoms with E-state index in [9.17, 15) is 18.0 Å². The first-order valence-electron chi connectivity index (χ1n) is 8.34. The highest BCUT2D eigenvalue weighted by Crippen LogP contribution is 2.27. The molecule has 0 aromatic heterocycles. The number of hydrogen-bond acceptors (Lipinski definition) is 4. The second-order valence-electron chi connectivity index (χ2n) is 6.47.